The van der Waals surface area contributed by atoms with Crippen LogP contribution in [0.1, 0.15) is 22.5 Å². The Bertz CT molecular complexity index is 1270. The van der Waals surface area contributed by atoms with Crippen molar-refractivity contribution in [1.29, 1.82) is 0 Å². The molecule has 0 aliphatic heterocycles. The van der Waals surface area contributed by atoms with Gasteiger partial charge in [0.2, 0.25) is 0 Å². The van der Waals surface area contributed by atoms with Crippen LogP contribution in [-0.4, -0.2) is 31.9 Å². The van der Waals surface area contributed by atoms with Crippen molar-refractivity contribution < 1.29 is 19.1 Å². The van der Waals surface area contributed by atoms with Gasteiger partial charge in [-0.25, -0.2) is 9.59 Å². The monoisotopic (exact) mass is 510 g/mol. The van der Waals surface area contributed by atoms with Crippen LogP contribution in [0.2, 0.25) is 0 Å². The van der Waals surface area contributed by atoms with Crippen LogP contribution < -0.4 is 11.5 Å². The van der Waals surface area contributed by atoms with Gasteiger partial charge in [0.15, 0.2) is 11.4 Å². The summed E-state index contributed by atoms with van der Waals surface area (Å²) in [4.78, 5) is 42.1. The van der Waals surface area contributed by atoms with Crippen molar-refractivity contribution in [2.75, 3.05) is 0 Å². The standard InChI is InChI=1S/C28H26N6O4/c29-27(21-7-3-1-4-8-21,17-23-19-31-13-15-33-23)37-25(35)11-12-26(36)38-28(30,22-9-5-2-6-10-22)18-24-20-32-14-16-34-24/h1-16,19-20H,17-18,29-30H2/b12-11-. The molecule has 2 unspecified atom stereocenters. The predicted octanol–water partition coefficient (Wildman–Crippen LogP) is 2.32. The molecular formula is C28H26N6O4. The van der Waals surface area contributed by atoms with Crippen molar-refractivity contribution >= 4 is 11.9 Å². The molecule has 192 valence electrons. The molecule has 0 amide bonds. The van der Waals surface area contributed by atoms with Crippen LogP contribution >= 0.6 is 0 Å². The normalized spacial score (nSPS) is 14.3. The van der Waals surface area contributed by atoms with Crippen molar-refractivity contribution in [2.24, 2.45) is 11.5 Å². The van der Waals surface area contributed by atoms with Crippen LogP contribution in [0.4, 0.5) is 0 Å². The van der Waals surface area contributed by atoms with E-state index in [-0.39, 0.29) is 12.8 Å². The van der Waals surface area contributed by atoms with Gasteiger partial charge in [0, 0.05) is 73.3 Å². The molecule has 2 atom stereocenters. The zero-order valence-corrected chi connectivity index (χ0v) is 20.4. The SMILES string of the molecule is NC(Cc1cnccn1)(OC(=O)/C=C\C(=O)OC(N)(Cc1cnccn1)c1ccccc1)c1ccccc1. The number of hydrogen-bond donors (Lipinski definition) is 2. The molecule has 10 heteroatoms. The highest BCUT2D eigenvalue weighted by Crippen LogP contribution is 2.26. The average molecular weight is 511 g/mol. The summed E-state index contributed by atoms with van der Waals surface area (Å²) in [7, 11) is 0. The molecule has 4 rings (SSSR count). The van der Waals surface area contributed by atoms with Crippen molar-refractivity contribution in [3.05, 3.63) is 133 Å². The molecule has 0 aliphatic carbocycles. The molecule has 10 nitrogen and oxygen atoms in total. The molecule has 0 radical (unpaired) electrons. The van der Waals surface area contributed by atoms with Gasteiger partial charge in [0.25, 0.3) is 0 Å². The van der Waals surface area contributed by atoms with E-state index in [1.807, 2.05) is 12.1 Å². The van der Waals surface area contributed by atoms with Gasteiger partial charge in [-0.1, -0.05) is 60.7 Å². The molecule has 0 fully saturated rings. The summed E-state index contributed by atoms with van der Waals surface area (Å²) >= 11 is 0. The lowest BCUT2D eigenvalue weighted by Crippen LogP contribution is -2.44. The molecule has 0 aliphatic rings. The zero-order chi connectivity index (χ0) is 26.8. The first-order valence-electron chi connectivity index (χ1n) is 11.7. The van der Waals surface area contributed by atoms with Gasteiger partial charge >= 0.3 is 11.9 Å². The van der Waals surface area contributed by atoms with Crippen LogP contribution in [-0.2, 0) is 43.4 Å². The minimum atomic E-state index is -1.56. The first kappa shape index (κ1) is 26.3. The summed E-state index contributed by atoms with van der Waals surface area (Å²) in [6.07, 6.45) is 11.2. The van der Waals surface area contributed by atoms with Crippen molar-refractivity contribution in [3.8, 4) is 0 Å². The van der Waals surface area contributed by atoms with Gasteiger partial charge in [-0.05, 0) is 0 Å². The predicted molar refractivity (Wildman–Crippen MR) is 137 cm³/mol. The fraction of sp³-hybridized carbons (Fsp3) is 0.143. The Morgan fingerprint density at radius 2 is 1.05 bits per heavy atom. The molecule has 0 bridgehead atoms. The number of benzene rings is 2. The van der Waals surface area contributed by atoms with E-state index in [4.69, 9.17) is 20.9 Å². The van der Waals surface area contributed by atoms with E-state index in [0.29, 0.717) is 22.5 Å². The molecule has 0 spiro atoms. The zero-order valence-electron chi connectivity index (χ0n) is 20.4. The van der Waals surface area contributed by atoms with Gasteiger partial charge in [-0.15, -0.1) is 0 Å². The van der Waals surface area contributed by atoms with Gasteiger partial charge in [-0.2, -0.15) is 0 Å². The van der Waals surface area contributed by atoms with Crippen LogP contribution in [0, 0.1) is 0 Å². The van der Waals surface area contributed by atoms with E-state index in [1.165, 1.54) is 37.2 Å². The number of nitrogens with zero attached hydrogens (tertiary/aromatic N) is 4. The quantitative estimate of drug-likeness (QED) is 0.184. The van der Waals surface area contributed by atoms with Crippen LogP contribution in [0.25, 0.3) is 0 Å². The number of rotatable bonds is 10. The number of ether oxygens (including phenoxy) is 2. The lowest BCUT2D eigenvalue weighted by Gasteiger charge is -2.29. The second-order valence-corrected chi connectivity index (χ2v) is 8.43. The maximum Gasteiger partial charge on any atom is 0.333 e. The molecule has 0 saturated carbocycles. The minimum absolute atomic E-state index is 0.0624. The average Bonchev–Trinajstić information content (AvgIpc) is 2.94. The topological polar surface area (TPSA) is 156 Å². The third-order valence-electron chi connectivity index (χ3n) is 5.57. The Balaban J connectivity index is 1.50. The third-order valence-corrected chi connectivity index (χ3v) is 5.57. The van der Waals surface area contributed by atoms with Crippen LogP contribution in [0.3, 0.4) is 0 Å². The number of aromatic nitrogens is 4. The van der Waals surface area contributed by atoms with Crippen LogP contribution in [0.15, 0.2) is 110 Å². The van der Waals surface area contributed by atoms with Gasteiger partial charge in [0.1, 0.15) is 0 Å². The number of nitrogens with two attached hydrogens (primary N) is 2. The number of hydrogen-bond acceptors (Lipinski definition) is 10. The Labute approximate surface area is 219 Å². The largest absolute Gasteiger partial charge is 0.436 e. The lowest BCUT2D eigenvalue weighted by atomic mass is 9.98. The molecule has 0 saturated heterocycles. The van der Waals surface area contributed by atoms with E-state index < -0.39 is 23.4 Å². The maximum atomic E-state index is 12.8. The molecule has 4 aromatic rings. The summed E-state index contributed by atoms with van der Waals surface area (Å²) in [5.41, 5.74) is 12.1. The number of carbonyl (C=O) groups is 2. The first-order chi connectivity index (χ1) is 18.4. The summed E-state index contributed by atoms with van der Waals surface area (Å²) in [5.74, 6) is -1.71. The first-order valence-corrected chi connectivity index (χ1v) is 11.7. The summed E-state index contributed by atoms with van der Waals surface area (Å²) in [5, 5.41) is 0. The van der Waals surface area contributed by atoms with Crippen molar-refractivity contribution in [3.63, 3.8) is 0 Å². The fourth-order valence-electron chi connectivity index (χ4n) is 3.78. The summed E-state index contributed by atoms with van der Waals surface area (Å²) < 4.78 is 11.2. The summed E-state index contributed by atoms with van der Waals surface area (Å²) in [6.45, 7) is 0. The Morgan fingerprint density at radius 3 is 1.39 bits per heavy atom. The van der Waals surface area contributed by atoms with Crippen molar-refractivity contribution in [1.82, 2.24) is 19.9 Å². The van der Waals surface area contributed by atoms with Crippen LogP contribution in [0.5, 0.6) is 0 Å². The Kier molecular flexibility index (Phi) is 8.27. The molecule has 4 N–H and O–H groups in total. The highest BCUT2D eigenvalue weighted by atomic mass is 16.6. The number of esters is 2. The molecular weight excluding hydrogens is 484 g/mol. The molecule has 2 heterocycles. The smallest absolute Gasteiger partial charge is 0.333 e. The minimum Gasteiger partial charge on any atom is -0.436 e. The van der Waals surface area contributed by atoms with Crippen molar-refractivity contribution in [2.45, 2.75) is 24.3 Å². The molecule has 38 heavy (non-hydrogen) atoms. The second-order valence-electron chi connectivity index (χ2n) is 8.43. The van der Waals surface area contributed by atoms with Gasteiger partial charge in [-0.3, -0.25) is 31.4 Å². The van der Waals surface area contributed by atoms with E-state index >= 15 is 0 Å². The van der Waals surface area contributed by atoms with E-state index in [2.05, 4.69) is 19.9 Å². The summed E-state index contributed by atoms with van der Waals surface area (Å²) in [6, 6.07) is 17.7. The third kappa shape index (κ3) is 6.90. The Hall–Kier alpha value is -4.80. The fourth-order valence-corrected chi connectivity index (χ4v) is 3.78. The molecule has 2 aromatic carbocycles. The Morgan fingerprint density at radius 1 is 0.658 bits per heavy atom. The highest BCUT2D eigenvalue weighted by molar-refractivity contribution is 5.92. The van der Waals surface area contributed by atoms with Gasteiger partial charge < -0.3 is 9.47 Å². The second kappa shape index (κ2) is 12.0. The molecule has 2 aromatic heterocycles. The highest BCUT2D eigenvalue weighted by Gasteiger charge is 2.34. The maximum absolute atomic E-state index is 12.8. The van der Waals surface area contributed by atoms with E-state index in [1.54, 1.807) is 48.5 Å². The number of carbonyl (C=O) groups excluding carboxylic acids is 2. The van der Waals surface area contributed by atoms with Gasteiger partial charge in [0.05, 0.1) is 11.4 Å². The van der Waals surface area contributed by atoms with E-state index in [9.17, 15) is 9.59 Å². The van der Waals surface area contributed by atoms with E-state index in [0.717, 1.165) is 12.2 Å². The lowest BCUT2D eigenvalue weighted by molar-refractivity contribution is -0.157.